The van der Waals surface area contributed by atoms with Gasteiger partial charge >= 0.3 is 0 Å². The van der Waals surface area contributed by atoms with E-state index in [0.717, 1.165) is 6.42 Å². The zero-order valence-corrected chi connectivity index (χ0v) is 13.2. The summed E-state index contributed by atoms with van der Waals surface area (Å²) in [5, 5.41) is 2.59. The highest BCUT2D eigenvalue weighted by molar-refractivity contribution is 6.21. The van der Waals surface area contributed by atoms with Crippen LogP contribution in [0.1, 0.15) is 27.6 Å². The van der Waals surface area contributed by atoms with Gasteiger partial charge in [-0.25, -0.2) is 0 Å². The van der Waals surface area contributed by atoms with Gasteiger partial charge in [0.15, 0.2) is 0 Å². The molecule has 106 valence electrons. The van der Waals surface area contributed by atoms with Gasteiger partial charge < -0.3 is 0 Å². The second kappa shape index (κ2) is 5.91. The molecule has 3 aromatic rings. The highest BCUT2D eigenvalue weighted by atomic mass is 35.5. The lowest BCUT2D eigenvalue weighted by molar-refractivity contribution is 0.924. The molecule has 0 nitrogen and oxygen atoms in total. The van der Waals surface area contributed by atoms with Crippen LogP contribution in [0.5, 0.6) is 0 Å². The summed E-state index contributed by atoms with van der Waals surface area (Å²) in [6.07, 6.45) is 0.853. The zero-order chi connectivity index (χ0) is 14.8. The molecule has 0 spiro atoms. The van der Waals surface area contributed by atoms with E-state index < -0.39 is 0 Å². The molecule has 0 saturated heterocycles. The van der Waals surface area contributed by atoms with E-state index in [-0.39, 0.29) is 5.38 Å². The number of alkyl halides is 1. The van der Waals surface area contributed by atoms with E-state index in [9.17, 15) is 0 Å². The van der Waals surface area contributed by atoms with Crippen molar-refractivity contribution < 1.29 is 0 Å². The molecule has 1 atom stereocenters. The highest BCUT2D eigenvalue weighted by Crippen LogP contribution is 2.29. The van der Waals surface area contributed by atoms with Crippen LogP contribution in [0.2, 0.25) is 0 Å². The quantitative estimate of drug-likeness (QED) is 0.521. The van der Waals surface area contributed by atoms with Crippen LogP contribution in [0.3, 0.4) is 0 Å². The fraction of sp³-hybridized carbons (Fsp3) is 0.200. The van der Waals surface area contributed by atoms with Crippen LogP contribution >= 0.6 is 11.6 Å². The van der Waals surface area contributed by atoms with Gasteiger partial charge in [-0.3, -0.25) is 0 Å². The Bertz CT molecular complexity index is 768. The van der Waals surface area contributed by atoms with Gasteiger partial charge in [-0.2, -0.15) is 0 Å². The molecule has 1 unspecified atom stereocenters. The summed E-state index contributed by atoms with van der Waals surface area (Å²) in [5.41, 5.74) is 5.13. The van der Waals surface area contributed by atoms with Gasteiger partial charge in [-0.15, -0.1) is 11.6 Å². The minimum absolute atomic E-state index is 0.00936. The minimum atomic E-state index is 0.00936. The molecule has 0 fully saturated rings. The molecule has 0 aliphatic rings. The van der Waals surface area contributed by atoms with E-state index in [1.807, 2.05) is 0 Å². The molecule has 0 aliphatic carbocycles. The molecule has 0 amide bonds. The number of aryl methyl sites for hydroxylation is 2. The Labute approximate surface area is 131 Å². The van der Waals surface area contributed by atoms with Crippen LogP contribution in [0.15, 0.2) is 60.7 Å². The molecule has 0 N–H and O–H groups in total. The summed E-state index contributed by atoms with van der Waals surface area (Å²) in [6.45, 7) is 4.27. The smallest absolute Gasteiger partial charge is 0.0625 e. The van der Waals surface area contributed by atoms with Crippen molar-refractivity contribution in [1.29, 1.82) is 0 Å². The summed E-state index contributed by atoms with van der Waals surface area (Å²) in [5.74, 6) is 0. The first-order valence-electron chi connectivity index (χ1n) is 7.33. The SMILES string of the molecule is Cc1ccc(C(Cl)Cc2cccc3ccccc23)cc1C. The second-order valence-corrected chi connectivity index (χ2v) is 6.18. The van der Waals surface area contributed by atoms with E-state index >= 15 is 0 Å². The number of benzene rings is 3. The average molecular weight is 295 g/mol. The Kier molecular flexibility index (Phi) is 3.98. The van der Waals surface area contributed by atoms with Crippen molar-refractivity contribution in [3.63, 3.8) is 0 Å². The molecule has 3 aromatic carbocycles. The number of hydrogen-bond acceptors (Lipinski definition) is 0. The zero-order valence-electron chi connectivity index (χ0n) is 12.4. The van der Waals surface area contributed by atoms with Gasteiger partial charge in [-0.1, -0.05) is 60.7 Å². The summed E-state index contributed by atoms with van der Waals surface area (Å²) >= 11 is 6.67. The standard InChI is InChI=1S/C20H19Cl/c1-14-10-11-18(12-15(14)2)20(21)13-17-8-5-7-16-6-3-4-9-19(16)17/h3-12,20H,13H2,1-2H3. The van der Waals surface area contributed by atoms with Crippen molar-refractivity contribution in [2.24, 2.45) is 0 Å². The van der Waals surface area contributed by atoms with E-state index in [1.165, 1.54) is 33.0 Å². The Balaban J connectivity index is 1.92. The topological polar surface area (TPSA) is 0 Å². The van der Waals surface area contributed by atoms with Crippen molar-refractivity contribution in [2.75, 3.05) is 0 Å². The van der Waals surface area contributed by atoms with Crippen LogP contribution in [0.25, 0.3) is 10.8 Å². The summed E-state index contributed by atoms with van der Waals surface area (Å²) in [7, 11) is 0. The summed E-state index contributed by atoms with van der Waals surface area (Å²) in [6, 6.07) is 21.4. The number of fused-ring (bicyclic) bond motifs is 1. The lowest BCUT2D eigenvalue weighted by Gasteiger charge is -2.13. The average Bonchev–Trinajstić information content (AvgIpc) is 2.50. The summed E-state index contributed by atoms with van der Waals surface area (Å²) in [4.78, 5) is 0. The lowest BCUT2D eigenvalue weighted by Crippen LogP contribution is -1.98. The van der Waals surface area contributed by atoms with Gasteiger partial charge in [0.25, 0.3) is 0 Å². The molecular formula is C20H19Cl. The van der Waals surface area contributed by atoms with Crippen molar-refractivity contribution >= 4 is 22.4 Å². The third-order valence-electron chi connectivity index (χ3n) is 4.17. The lowest BCUT2D eigenvalue weighted by atomic mass is 9.97. The van der Waals surface area contributed by atoms with E-state index in [1.54, 1.807) is 0 Å². The molecule has 0 heterocycles. The molecule has 0 radical (unpaired) electrons. The highest BCUT2D eigenvalue weighted by Gasteiger charge is 2.11. The minimum Gasteiger partial charge on any atom is -0.117 e. The third kappa shape index (κ3) is 2.96. The Hall–Kier alpha value is -1.79. The van der Waals surface area contributed by atoms with Crippen molar-refractivity contribution in [3.05, 3.63) is 82.9 Å². The molecule has 0 aromatic heterocycles. The van der Waals surface area contributed by atoms with Crippen LogP contribution in [0, 0.1) is 13.8 Å². The van der Waals surface area contributed by atoms with E-state index in [0.29, 0.717) is 0 Å². The van der Waals surface area contributed by atoms with Crippen LogP contribution < -0.4 is 0 Å². The number of rotatable bonds is 3. The van der Waals surface area contributed by atoms with E-state index in [2.05, 4.69) is 74.5 Å². The second-order valence-electron chi connectivity index (χ2n) is 5.65. The fourth-order valence-electron chi connectivity index (χ4n) is 2.74. The maximum Gasteiger partial charge on any atom is 0.0625 e. The molecule has 21 heavy (non-hydrogen) atoms. The molecule has 3 rings (SSSR count). The predicted molar refractivity (Wildman–Crippen MR) is 92.2 cm³/mol. The van der Waals surface area contributed by atoms with Gasteiger partial charge in [0.2, 0.25) is 0 Å². The van der Waals surface area contributed by atoms with E-state index in [4.69, 9.17) is 11.6 Å². The maximum absolute atomic E-state index is 6.67. The first-order valence-corrected chi connectivity index (χ1v) is 7.76. The first kappa shape index (κ1) is 14.2. The number of halogens is 1. The van der Waals surface area contributed by atoms with Gasteiger partial charge in [0.1, 0.15) is 0 Å². The molecule has 0 saturated carbocycles. The van der Waals surface area contributed by atoms with Gasteiger partial charge in [0, 0.05) is 0 Å². The maximum atomic E-state index is 6.67. The van der Waals surface area contributed by atoms with Crippen molar-refractivity contribution in [2.45, 2.75) is 25.6 Å². The first-order chi connectivity index (χ1) is 10.1. The largest absolute Gasteiger partial charge is 0.117 e. The van der Waals surface area contributed by atoms with Crippen molar-refractivity contribution in [3.8, 4) is 0 Å². The molecular weight excluding hydrogens is 276 g/mol. The van der Waals surface area contributed by atoms with Crippen LogP contribution in [-0.4, -0.2) is 0 Å². The van der Waals surface area contributed by atoms with Crippen molar-refractivity contribution in [1.82, 2.24) is 0 Å². The Morgan fingerprint density at radius 1 is 0.857 bits per heavy atom. The Morgan fingerprint density at radius 2 is 1.62 bits per heavy atom. The van der Waals surface area contributed by atoms with Crippen LogP contribution in [0.4, 0.5) is 0 Å². The Morgan fingerprint density at radius 3 is 2.43 bits per heavy atom. The molecule has 0 bridgehead atoms. The van der Waals surface area contributed by atoms with Gasteiger partial charge in [0.05, 0.1) is 5.38 Å². The summed E-state index contributed by atoms with van der Waals surface area (Å²) < 4.78 is 0. The normalized spacial score (nSPS) is 12.5. The van der Waals surface area contributed by atoms with Gasteiger partial charge in [-0.05, 0) is 53.3 Å². The van der Waals surface area contributed by atoms with Crippen LogP contribution in [-0.2, 0) is 6.42 Å². The predicted octanol–water partition coefficient (Wildman–Crippen LogP) is 5.98. The third-order valence-corrected chi connectivity index (χ3v) is 4.58. The monoisotopic (exact) mass is 294 g/mol. The molecule has 1 heteroatoms. The molecule has 0 aliphatic heterocycles. The number of hydrogen-bond donors (Lipinski definition) is 0. The fourth-order valence-corrected chi connectivity index (χ4v) is 3.04.